The summed E-state index contributed by atoms with van der Waals surface area (Å²) in [5, 5.41) is 7.56. The highest BCUT2D eigenvalue weighted by molar-refractivity contribution is 7.07. The minimum absolute atomic E-state index is 0.767. The minimum atomic E-state index is 0.767. The summed E-state index contributed by atoms with van der Waals surface area (Å²) in [4.78, 5) is 8.47. The first-order chi connectivity index (χ1) is 7.34. The van der Waals surface area contributed by atoms with Gasteiger partial charge in [0.05, 0.1) is 11.4 Å². The van der Waals surface area contributed by atoms with E-state index in [9.17, 15) is 0 Å². The number of aromatic nitrogens is 2. The zero-order valence-corrected chi connectivity index (χ0v) is 9.42. The van der Waals surface area contributed by atoms with Crippen molar-refractivity contribution in [3.05, 3.63) is 46.2 Å². The predicted molar refractivity (Wildman–Crippen MR) is 61.6 cm³/mol. The van der Waals surface area contributed by atoms with Crippen LogP contribution in [0.5, 0.6) is 0 Å². The lowest BCUT2D eigenvalue weighted by Crippen LogP contribution is -2.13. The summed E-state index contributed by atoms with van der Waals surface area (Å²) in [7, 11) is 0. The molecule has 15 heavy (non-hydrogen) atoms. The van der Waals surface area contributed by atoms with Gasteiger partial charge in [0.15, 0.2) is 0 Å². The summed E-state index contributed by atoms with van der Waals surface area (Å²) in [6.45, 7) is 3.59. The third kappa shape index (κ3) is 3.11. The monoisotopic (exact) mass is 219 g/mol. The van der Waals surface area contributed by atoms with E-state index in [4.69, 9.17) is 0 Å². The fourth-order valence-corrected chi connectivity index (χ4v) is 1.91. The zero-order valence-electron chi connectivity index (χ0n) is 8.60. The van der Waals surface area contributed by atoms with Gasteiger partial charge in [0.1, 0.15) is 0 Å². The SMILES string of the molecule is Cc1cnc(CNCc2ccsc2)cn1. The van der Waals surface area contributed by atoms with E-state index in [1.54, 1.807) is 17.5 Å². The summed E-state index contributed by atoms with van der Waals surface area (Å²) >= 11 is 1.72. The van der Waals surface area contributed by atoms with E-state index < -0.39 is 0 Å². The van der Waals surface area contributed by atoms with Crippen molar-refractivity contribution in [3.63, 3.8) is 0 Å². The molecule has 0 aromatic carbocycles. The van der Waals surface area contributed by atoms with Crippen molar-refractivity contribution in [2.75, 3.05) is 0 Å². The van der Waals surface area contributed by atoms with Gasteiger partial charge in [-0.3, -0.25) is 9.97 Å². The fourth-order valence-electron chi connectivity index (χ4n) is 1.24. The van der Waals surface area contributed by atoms with Gasteiger partial charge in [-0.15, -0.1) is 0 Å². The van der Waals surface area contributed by atoms with E-state index in [2.05, 4.69) is 32.1 Å². The Kier molecular flexibility index (Phi) is 3.42. The Hall–Kier alpha value is -1.26. The van der Waals surface area contributed by atoms with Crippen LogP contribution in [0.15, 0.2) is 29.2 Å². The van der Waals surface area contributed by atoms with Gasteiger partial charge in [-0.2, -0.15) is 11.3 Å². The minimum Gasteiger partial charge on any atom is -0.307 e. The molecule has 0 aliphatic carbocycles. The van der Waals surface area contributed by atoms with Gasteiger partial charge < -0.3 is 5.32 Å². The Bertz CT molecular complexity index is 394. The van der Waals surface area contributed by atoms with Crippen LogP contribution in [0.4, 0.5) is 0 Å². The number of nitrogens with one attached hydrogen (secondary N) is 1. The molecule has 2 heterocycles. The highest BCUT2D eigenvalue weighted by Crippen LogP contribution is 2.05. The normalized spacial score (nSPS) is 10.5. The second kappa shape index (κ2) is 5.00. The first-order valence-electron chi connectivity index (χ1n) is 4.84. The second-order valence-electron chi connectivity index (χ2n) is 3.38. The smallest absolute Gasteiger partial charge is 0.0724 e. The first-order valence-corrected chi connectivity index (χ1v) is 5.78. The molecule has 0 radical (unpaired) electrons. The average Bonchev–Trinajstić information content (AvgIpc) is 2.74. The molecular formula is C11H13N3S. The summed E-state index contributed by atoms with van der Waals surface area (Å²) in [5.41, 5.74) is 3.26. The summed E-state index contributed by atoms with van der Waals surface area (Å²) in [6, 6.07) is 2.12. The van der Waals surface area contributed by atoms with E-state index in [-0.39, 0.29) is 0 Å². The van der Waals surface area contributed by atoms with Gasteiger partial charge in [0.2, 0.25) is 0 Å². The van der Waals surface area contributed by atoms with Crippen molar-refractivity contribution in [1.29, 1.82) is 0 Å². The number of hydrogen-bond acceptors (Lipinski definition) is 4. The van der Waals surface area contributed by atoms with E-state index in [1.165, 1.54) is 5.56 Å². The second-order valence-corrected chi connectivity index (χ2v) is 4.16. The molecule has 3 nitrogen and oxygen atoms in total. The average molecular weight is 219 g/mol. The Labute approximate surface area is 93.2 Å². The largest absolute Gasteiger partial charge is 0.307 e. The van der Waals surface area contributed by atoms with Crippen LogP contribution in [0, 0.1) is 6.92 Å². The third-order valence-corrected chi connectivity index (χ3v) is 2.78. The van der Waals surface area contributed by atoms with Crippen LogP contribution in [0.2, 0.25) is 0 Å². The molecular weight excluding hydrogens is 206 g/mol. The summed E-state index contributed by atoms with van der Waals surface area (Å²) in [6.07, 6.45) is 3.61. The predicted octanol–water partition coefficient (Wildman–Crippen LogP) is 2.14. The number of aryl methyl sites for hydroxylation is 1. The molecule has 0 bridgehead atoms. The quantitative estimate of drug-likeness (QED) is 0.856. The van der Waals surface area contributed by atoms with Crippen LogP contribution in [-0.4, -0.2) is 9.97 Å². The van der Waals surface area contributed by atoms with E-state index in [0.29, 0.717) is 0 Å². The molecule has 1 N–H and O–H groups in total. The van der Waals surface area contributed by atoms with Crippen LogP contribution in [0.1, 0.15) is 17.0 Å². The van der Waals surface area contributed by atoms with Crippen LogP contribution in [0.3, 0.4) is 0 Å². The molecule has 4 heteroatoms. The van der Waals surface area contributed by atoms with Crippen molar-refractivity contribution in [3.8, 4) is 0 Å². The highest BCUT2D eigenvalue weighted by atomic mass is 32.1. The molecule has 0 aliphatic rings. The lowest BCUT2D eigenvalue weighted by Gasteiger charge is -2.02. The molecule has 78 valence electrons. The molecule has 0 saturated heterocycles. The Morgan fingerprint density at radius 1 is 1.27 bits per heavy atom. The number of rotatable bonds is 4. The third-order valence-electron chi connectivity index (χ3n) is 2.05. The molecule has 0 spiro atoms. The Morgan fingerprint density at radius 2 is 2.20 bits per heavy atom. The lowest BCUT2D eigenvalue weighted by molar-refractivity contribution is 0.677. The van der Waals surface area contributed by atoms with Crippen molar-refractivity contribution in [2.45, 2.75) is 20.0 Å². The molecule has 2 aromatic rings. The molecule has 2 rings (SSSR count). The van der Waals surface area contributed by atoms with Gasteiger partial charge >= 0.3 is 0 Å². The van der Waals surface area contributed by atoms with E-state index in [0.717, 1.165) is 24.5 Å². The molecule has 0 aliphatic heterocycles. The standard InChI is InChI=1S/C11H13N3S/c1-9-4-14-11(7-13-9)6-12-5-10-2-3-15-8-10/h2-4,7-8,12H,5-6H2,1H3. The topological polar surface area (TPSA) is 37.8 Å². The van der Waals surface area contributed by atoms with Crippen LogP contribution < -0.4 is 5.32 Å². The zero-order chi connectivity index (χ0) is 10.5. The van der Waals surface area contributed by atoms with Crippen LogP contribution >= 0.6 is 11.3 Å². The van der Waals surface area contributed by atoms with Crippen molar-refractivity contribution < 1.29 is 0 Å². The Morgan fingerprint density at radius 3 is 2.87 bits per heavy atom. The maximum absolute atomic E-state index is 4.27. The van der Waals surface area contributed by atoms with Gasteiger partial charge in [-0.05, 0) is 29.3 Å². The first kappa shape index (κ1) is 10.3. The molecule has 0 fully saturated rings. The van der Waals surface area contributed by atoms with Gasteiger partial charge in [-0.1, -0.05) is 0 Å². The lowest BCUT2D eigenvalue weighted by atomic mass is 10.3. The van der Waals surface area contributed by atoms with Crippen LogP contribution in [0.25, 0.3) is 0 Å². The van der Waals surface area contributed by atoms with Gasteiger partial charge in [0, 0.05) is 25.5 Å². The molecule has 0 unspecified atom stereocenters. The van der Waals surface area contributed by atoms with Crippen molar-refractivity contribution in [1.82, 2.24) is 15.3 Å². The molecule has 0 amide bonds. The highest BCUT2D eigenvalue weighted by Gasteiger charge is 1.95. The molecule has 0 atom stereocenters. The molecule has 2 aromatic heterocycles. The fraction of sp³-hybridized carbons (Fsp3) is 0.273. The van der Waals surface area contributed by atoms with Gasteiger partial charge in [0.25, 0.3) is 0 Å². The maximum Gasteiger partial charge on any atom is 0.0724 e. The Balaban J connectivity index is 1.81. The summed E-state index contributed by atoms with van der Waals surface area (Å²) < 4.78 is 0. The number of thiophene rings is 1. The van der Waals surface area contributed by atoms with Gasteiger partial charge in [-0.25, -0.2) is 0 Å². The summed E-state index contributed by atoms with van der Waals surface area (Å²) in [5.74, 6) is 0. The van der Waals surface area contributed by atoms with E-state index >= 15 is 0 Å². The number of hydrogen-bond donors (Lipinski definition) is 1. The maximum atomic E-state index is 4.27. The molecule has 0 saturated carbocycles. The van der Waals surface area contributed by atoms with Crippen molar-refractivity contribution >= 4 is 11.3 Å². The van der Waals surface area contributed by atoms with Crippen molar-refractivity contribution in [2.24, 2.45) is 0 Å². The van der Waals surface area contributed by atoms with Crippen LogP contribution in [-0.2, 0) is 13.1 Å². The van der Waals surface area contributed by atoms with E-state index in [1.807, 2.05) is 13.1 Å². The number of nitrogens with zero attached hydrogens (tertiary/aromatic N) is 2.